The van der Waals surface area contributed by atoms with E-state index >= 15 is 0 Å². The van der Waals surface area contributed by atoms with E-state index in [1.165, 1.54) is 12.1 Å². The van der Waals surface area contributed by atoms with E-state index in [2.05, 4.69) is 20.9 Å². The molecule has 1 saturated carbocycles. The molecule has 0 unspecified atom stereocenters. The Morgan fingerprint density at radius 1 is 1.21 bits per heavy atom. The summed E-state index contributed by atoms with van der Waals surface area (Å²) < 4.78 is 46.1. The molecule has 29 heavy (non-hydrogen) atoms. The smallest absolute Gasteiger partial charge is 0.416 e. The van der Waals surface area contributed by atoms with Crippen molar-refractivity contribution in [2.24, 2.45) is 4.99 Å². The zero-order chi connectivity index (χ0) is 21.7. The molecule has 0 bridgehead atoms. The number of hydrogen-bond acceptors (Lipinski definition) is 3. The normalized spacial score (nSPS) is 15.1. The molecule has 0 aromatic heterocycles. The lowest BCUT2D eigenvalue weighted by molar-refractivity contribution is -0.138. The van der Waals surface area contributed by atoms with Crippen molar-refractivity contribution in [1.82, 2.24) is 16.0 Å². The van der Waals surface area contributed by atoms with Gasteiger partial charge in [0.05, 0.1) is 18.7 Å². The van der Waals surface area contributed by atoms with Gasteiger partial charge < -0.3 is 20.7 Å². The molecule has 2 rings (SSSR count). The molecular weight excluding hydrogens is 385 g/mol. The summed E-state index contributed by atoms with van der Waals surface area (Å²) in [7, 11) is 0. The Balaban J connectivity index is 2.12. The number of alkyl halides is 3. The van der Waals surface area contributed by atoms with Gasteiger partial charge in [-0.3, -0.25) is 4.79 Å². The van der Waals surface area contributed by atoms with Gasteiger partial charge in [-0.1, -0.05) is 6.07 Å². The molecule has 0 spiro atoms. The van der Waals surface area contributed by atoms with Gasteiger partial charge in [0, 0.05) is 12.6 Å². The van der Waals surface area contributed by atoms with Crippen LogP contribution in [0.3, 0.4) is 0 Å². The molecule has 3 N–H and O–H groups in total. The number of halogens is 3. The quantitative estimate of drug-likeness (QED) is 0.473. The van der Waals surface area contributed by atoms with Crippen LogP contribution in [0.1, 0.15) is 51.7 Å². The maximum Gasteiger partial charge on any atom is 0.416 e. The second-order valence-corrected chi connectivity index (χ2v) is 7.92. The minimum atomic E-state index is -4.53. The number of rotatable bonds is 7. The Hall–Kier alpha value is -2.45. The predicted molar refractivity (Wildman–Crippen MR) is 106 cm³/mol. The van der Waals surface area contributed by atoms with Gasteiger partial charge in [0.25, 0.3) is 0 Å². The van der Waals surface area contributed by atoms with Gasteiger partial charge in [-0.05, 0) is 58.2 Å². The lowest BCUT2D eigenvalue weighted by Crippen LogP contribution is -2.43. The van der Waals surface area contributed by atoms with Gasteiger partial charge in [-0.2, -0.15) is 13.2 Å². The average molecular weight is 414 g/mol. The molecular formula is C20H29F3N4O2. The van der Waals surface area contributed by atoms with Crippen molar-refractivity contribution in [3.8, 4) is 5.75 Å². The van der Waals surface area contributed by atoms with E-state index in [-0.39, 0.29) is 42.3 Å². The van der Waals surface area contributed by atoms with Crippen molar-refractivity contribution >= 4 is 11.9 Å². The fraction of sp³-hybridized carbons (Fsp3) is 0.600. The molecule has 1 amide bonds. The van der Waals surface area contributed by atoms with Crippen LogP contribution in [0, 0.1) is 0 Å². The molecule has 1 aliphatic rings. The number of nitrogens with zero attached hydrogens (tertiary/aromatic N) is 1. The summed E-state index contributed by atoms with van der Waals surface area (Å²) in [6.45, 7) is 7.48. The highest BCUT2D eigenvalue weighted by Gasteiger charge is 2.34. The number of carbonyl (C=O) groups excluding carboxylic acids is 1. The second-order valence-electron chi connectivity index (χ2n) is 7.92. The van der Waals surface area contributed by atoms with Crippen molar-refractivity contribution < 1.29 is 22.7 Å². The number of hydrogen-bond donors (Lipinski definition) is 3. The topological polar surface area (TPSA) is 74.8 Å². The Morgan fingerprint density at radius 3 is 2.45 bits per heavy atom. The highest BCUT2D eigenvalue weighted by Crippen LogP contribution is 2.35. The SMILES string of the molecule is CCNC(=NCc1ccc(OC(C)(C)C)cc1C(F)(F)F)NCC(=O)NC1CC1. The highest BCUT2D eigenvalue weighted by atomic mass is 19.4. The van der Waals surface area contributed by atoms with E-state index in [0.717, 1.165) is 18.9 Å². The van der Waals surface area contributed by atoms with Gasteiger partial charge in [0.1, 0.15) is 11.4 Å². The molecule has 0 heterocycles. The summed E-state index contributed by atoms with van der Waals surface area (Å²) in [6.07, 6.45) is -2.57. The van der Waals surface area contributed by atoms with Gasteiger partial charge in [-0.25, -0.2) is 4.99 Å². The molecule has 0 saturated heterocycles. The Morgan fingerprint density at radius 2 is 1.90 bits per heavy atom. The molecule has 1 aromatic rings. The van der Waals surface area contributed by atoms with Crippen molar-refractivity contribution in [3.63, 3.8) is 0 Å². The number of aliphatic imine (C=N–C) groups is 1. The third kappa shape index (κ3) is 8.21. The fourth-order valence-electron chi connectivity index (χ4n) is 2.55. The summed E-state index contributed by atoms with van der Waals surface area (Å²) in [5.74, 6) is 0.263. The fourth-order valence-corrected chi connectivity index (χ4v) is 2.55. The number of carbonyl (C=O) groups is 1. The van der Waals surface area contributed by atoms with Crippen LogP contribution in [0.25, 0.3) is 0 Å². The van der Waals surface area contributed by atoms with Crippen LogP contribution in [0.2, 0.25) is 0 Å². The number of benzene rings is 1. The van der Waals surface area contributed by atoms with Crippen LogP contribution in [0.5, 0.6) is 5.75 Å². The molecule has 1 aliphatic carbocycles. The summed E-state index contributed by atoms with van der Waals surface area (Å²) in [4.78, 5) is 16.0. The first kappa shape index (κ1) is 22.8. The van der Waals surface area contributed by atoms with E-state index in [0.29, 0.717) is 6.54 Å². The van der Waals surface area contributed by atoms with Crippen molar-refractivity contribution in [3.05, 3.63) is 29.3 Å². The van der Waals surface area contributed by atoms with E-state index in [1.807, 2.05) is 6.92 Å². The van der Waals surface area contributed by atoms with Gasteiger partial charge in [0.15, 0.2) is 5.96 Å². The van der Waals surface area contributed by atoms with Crippen LogP contribution >= 0.6 is 0 Å². The van der Waals surface area contributed by atoms with Crippen LogP contribution < -0.4 is 20.7 Å². The summed E-state index contributed by atoms with van der Waals surface area (Å²) in [5, 5.41) is 8.61. The van der Waals surface area contributed by atoms with E-state index < -0.39 is 17.3 Å². The highest BCUT2D eigenvalue weighted by molar-refractivity contribution is 5.86. The first-order chi connectivity index (χ1) is 13.5. The monoisotopic (exact) mass is 414 g/mol. The number of amides is 1. The van der Waals surface area contributed by atoms with Crippen LogP contribution in [0.15, 0.2) is 23.2 Å². The zero-order valence-corrected chi connectivity index (χ0v) is 17.2. The second kappa shape index (κ2) is 9.37. The number of nitrogens with one attached hydrogen (secondary N) is 3. The van der Waals surface area contributed by atoms with Crippen molar-refractivity contribution in [1.29, 1.82) is 0 Å². The molecule has 162 valence electrons. The minimum absolute atomic E-state index is 0.00677. The van der Waals surface area contributed by atoms with E-state index in [4.69, 9.17) is 4.74 Å². The summed E-state index contributed by atoms with van der Waals surface area (Å²) in [5.41, 5.74) is -1.37. The lowest BCUT2D eigenvalue weighted by Gasteiger charge is -2.22. The predicted octanol–water partition coefficient (Wildman–Crippen LogP) is 3.22. The number of guanidine groups is 1. The van der Waals surface area contributed by atoms with E-state index in [1.54, 1.807) is 20.8 Å². The maximum atomic E-state index is 13.5. The first-order valence-corrected chi connectivity index (χ1v) is 9.68. The van der Waals surface area contributed by atoms with Gasteiger partial charge in [0.2, 0.25) is 5.91 Å². The molecule has 0 radical (unpaired) electrons. The average Bonchev–Trinajstić information content (AvgIpc) is 3.39. The third-order valence-electron chi connectivity index (χ3n) is 3.92. The summed E-state index contributed by atoms with van der Waals surface area (Å²) >= 11 is 0. The lowest BCUT2D eigenvalue weighted by atomic mass is 10.1. The molecule has 6 nitrogen and oxygen atoms in total. The third-order valence-corrected chi connectivity index (χ3v) is 3.92. The molecule has 1 aromatic carbocycles. The zero-order valence-electron chi connectivity index (χ0n) is 17.2. The Kier molecular flexibility index (Phi) is 7.37. The first-order valence-electron chi connectivity index (χ1n) is 9.68. The standard InChI is InChI=1S/C20H29F3N4O2/c1-5-24-18(26-12-17(28)27-14-7-8-14)25-11-13-6-9-15(29-19(2,3)4)10-16(13)20(21,22)23/h6,9-10,14H,5,7-8,11-12H2,1-4H3,(H,27,28)(H2,24,25,26). The largest absolute Gasteiger partial charge is 0.488 e. The van der Waals surface area contributed by atoms with Crippen LogP contribution in [-0.2, 0) is 17.5 Å². The minimum Gasteiger partial charge on any atom is -0.488 e. The van der Waals surface area contributed by atoms with Gasteiger partial charge >= 0.3 is 6.18 Å². The molecule has 9 heteroatoms. The Bertz CT molecular complexity index is 738. The molecule has 0 aliphatic heterocycles. The maximum absolute atomic E-state index is 13.5. The van der Waals surface area contributed by atoms with Gasteiger partial charge in [-0.15, -0.1) is 0 Å². The number of ether oxygens (including phenoxy) is 1. The molecule has 1 fully saturated rings. The van der Waals surface area contributed by atoms with Crippen LogP contribution in [0.4, 0.5) is 13.2 Å². The molecule has 0 atom stereocenters. The van der Waals surface area contributed by atoms with Crippen molar-refractivity contribution in [2.75, 3.05) is 13.1 Å². The van der Waals surface area contributed by atoms with E-state index in [9.17, 15) is 18.0 Å². The van der Waals surface area contributed by atoms with Crippen LogP contribution in [-0.4, -0.2) is 36.6 Å². The Labute approximate surface area is 169 Å². The van der Waals surface area contributed by atoms with Crippen molar-refractivity contribution in [2.45, 2.75) is 64.9 Å². The summed E-state index contributed by atoms with van der Waals surface area (Å²) in [6, 6.07) is 4.12.